The molecule has 1 rings (SSSR count). The summed E-state index contributed by atoms with van der Waals surface area (Å²) in [5.74, 6) is -0.961. The lowest BCUT2D eigenvalue weighted by atomic mass is 9.96. The van der Waals surface area contributed by atoms with Gasteiger partial charge in [-0.15, -0.1) is 0 Å². The van der Waals surface area contributed by atoms with Crippen molar-refractivity contribution >= 4 is 5.91 Å². The van der Waals surface area contributed by atoms with Gasteiger partial charge in [-0.2, -0.15) is 0 Å². The SMILES string of the molecule is CO[C@H]1O[C@H](C)[C@@H](NC(=O)[C@@H](F)CCO)[C@H](O)[C@@H]1O. The zero-order chi connectivity index (χ0) is 14.6. The number of nitrogens with one attached hydrogen (secondary N) is 1. The van der Waals surface area contributed by atoms with E-state index in [9.17, 15) is 19.4 Å². The summed E-state index contributed by atoms with van der Waals surface area (Å²) in [5.41, 5.74) is 0. The summed E-state index contributed by atoms with van der Waals surface area (Å²) in [6.45, 7) is 1.10. The Morgan fingerprint density at radius 3 is 2.63 bits per heavy atom. The quantitative estimate of drug-likeness (QED) is 0.478. The molecule has 0 aromatic carbocycles. The number of amides is 1. The third-order valence-corrected chi connectivity index (χ3v) is 3.06. The van der Waals surface area contributed by atoms with E-state index in [1.54, 1.807) is 6.92 Å². The molecule has 19 heavy (non-hydrogen) atoms. The molecule has 0 aromatic rings. The minimum absolute atomic E-state index is 0.326. The predicted molar refractivity (Wildman–Crippen MR) is 61.9 cm³/mol. The van der Waals surface area contributed by atoms with Gasteiger partial charge in [-0.3, -0.25) is 4.79 Å². The van der Waals surface area contributed by atoms with Crippen molar-refractivity contribution in [3.05, 3.63) is 0 Å². The summed E-state index contributed by atoms with van der Waals surface area (Å²) in [4.78, 5) is 11.5. The van der Waals surface area contributed by atoms with Crippen LogP contribution in [0.25, 0.3) is 0 Å². The van der Waals surface area contributed by atoms with Crippen molar-refractivity contribution in [1.29, 1.82) is 0 Å². The first-order valence-corrected chi connectivity index (χ1v) is 6.02. The van der Waals surface area contributed by atoms with Crippen molar-refractivity contribution < 1.29 is 34.0 Å². The molecule has 1 aliphatic heterocycles. The number of halogens is 1. The fourth-order valence-corrected chi connectivity index (χ4v) is 1.92. The number of carbonyl (C=O) groups excluding carboxylic acids is 1. The fourth-order valence-electron chi connectivity index (χ4n) is 1.92. The van der Waals surface area contributed by atoms with Gasteiger partial charge in [0.25, 0.3) is 5.91 Å². The molecule has 1 fully saturated rings. The molecule has 8 heteroatoms. The molecule has 6 atom stereocenters. The molecule has 1 saturated heterocycles. The number of carbonyl (C=O) groups is 1. The van der Waals surface area contributed by atoms with Crippen LogP contribution in [0.3, 0.4) is 0 Å². The summed E-state index contributed by atoms with van der Waals surface area (Å²) in [7, 11) is 1.31. The zero-order valence-corrected chi connectivity index (χ0v) is 10.8. The summed E-state index contributed by atoms with van der Waals surface area (Å²) in [5, 5.41) is 30.4. The highest BCUT2D eigenvalue weighted by Gasteiger charge is 2.44. The fraction of sp³-hybridized carbons (Fsp3) is 0.909. The Bertz CT molecular complexity index is 305. The minimum Gasteiger partial charge on any atom is -0.396 e. The monoisotopic (exact) mass is 281 g/mol. The van der Waals surface area contributed by atoms with Crippen LogP contribution in [0, 0.1) is 0 Å². The van der Waals surface area contributed by atoms with E-state index in [1.165, 1.54) is 7.11 Å². The highest BCUT2D eigenvalue weighted by atomic mass is 19.1. The van der Waals surface area contributed by atoms with Gasteiger partial charge >= 0.3 is 0 Å². The number of ether oxygens (including phenoxy) is 2. The second-order valence-corrected chi connectivity index (χ2v) is 4.44. The van der Waals surface area contributed by atoms with Crippen LogP contribution in [0.2, 0.25) is 0 Å². The van der Waals surface area contributed by atoms with Gasteiger partial charge < -0.3 is 30.1 Å². The van der Waals surface area contributed by atoms with Crippen molar-refractivity contribution in [2.45, 2.75) is 50.2 Å². The predicted octanol–water partition coefficient (Wildman–Crippen LogP) is -1.70. The van der Waals surface area contributed by atoms with E-state index in [2.05, 4.69) is 5.32 Å². The van der Waals surface area contributed by atoms with Crippen LogP contribution in [-0.4, -0.2) is 71.8 Å². The first-order valence-electron chi connectivity index (χ1n) is 6.02. The Morgan fingerprint density at radius 1 is 1.47 bits per heavy atom. The molecule has 1 heterocycles. The Kier molecular flexibility index (Phi) is 6.08. The van der Waals surface area contributed by atoms with Crippen LogP contribution >= 0.6 is 0 Å². The number of hydrogen-bond donors (Lipinski definition) is 4. The highest BCUT2D eigenvalue weighted by molar-refractivity contribution is 5.81. The van der Waals surface area contributed by atoms with Crippen LogP contribution in [0.15, 0.2) is 0 Å². The molecule has 0 saturated carbocycles. The van der Waals surface area contributed by atoms with E-state index in [0.717, 1.165) is 0 Å². The number of hydrogen-bond acceptors (Lipinski definition) is 6. The topological polar surface area (TPSA) is 108 Å². The molecule has 0 spiro atoms. The Labute approximate surface area is 110 Å². The molecular weight excluding hydrogens is 261 g/mol. The maximum absolute atomic E-state index is 13.3. The van der Waals surface area contributed by atoms with E-state index in [1.807, 2.05) is 0 Å². The largest absolute Gasteiger partial charge is 0.396 e. The molecule has 1 aliphatic rings. The van der Waals surface area contributed by atoms with E-state index in [0.29, 0.717) is 0 Å². The molecular formula is C11H20FNO6. The number of methoxy groups -OCH3 is 1. The third kappa shape index (κ3) is 3.83. The van der Waals surface area contributed by atoms with E-state index in [4.69, 9.17) is 14.6 Å². The van der Waals surface area contributed by atoms with Gasteiger partial charge in [0.15, 0.2) is 12.5 Å². The maximum atomic E-state index is 13.3. The summed E-state index contributed by atoms with van der Waals surface area (Å²) in [6.07, 6.45) is -6.54. The summed E-state index contributed by atoms with van der Waals surface area (Å²) >= 11 is 0. The van der Waals surface area contributed by atoms with Crippen molar-refractivity contribution in [1.82, 2.24) is 5.32 Å². The second kappa shape index (κ2) is 7.11. The van der Waals surface area contributed by atoms with E-state index >= 15 is 0 Å². The Balaban J connectivity index is 2.64. The van der Waals surface area contributed by atoms with Crippen LogP contribution in [0.4, 0.5) is 4.39 Å². The lowest BCUT2D eigenvalue weighted by molar-refractivity contribution is -0.263. The smallest absolute Gasteiger partial charge is 0.255 e. The Hall–Kier alpha value is -0.800. The van der Waals surface area contributed by atoms with Gasteiger partial charge in [0.05, 0.1) is 12.1 Å². The van der Waals surface area contributed by atoms with Crippen LogP contribution in [0.1, 0.15) is 13.3 Å². The van der Waals surface area contributed by atoms with E-state index in [-0.39, 0.29) is 6.42 Å². The van der Waals surface area contributed by atoms with Crippen LogP contribution in [-0.2, 0) is 14.3 Å². The van der Waals surface area contributed by atoms with Crippen LogP contribution < -0.4 is 5.32 Å². The standard InChI is InChI=1S/C11H20FNO6/c1-5-7(13-10(17)6(12)3-4-14)8(15)9(16)11(18-2)19-5/h5-9,11,14-16H,3-4H2,1-2H3,(H,13,17)/t5-,6+,7-,8+,9+,11+/m1/s1. The molecule has 112 valence electrons. The Morgan fingerprint density at radius 2 is 2.11 bits per heavy atom. The van der Waals surface area contributed by atoms with Crippen molar-refractivity contribution in [2.24, 2.45) is 0 Å². The van der Waals surface area contributed by atoms with Crippen molar-refractivity contribution in [2.75, 3.05) is 13.7 Å². The molecule has 0 bridgehead atoms. The highest BCUT2D eigenvalue weighted by Crippen LogP contribution is 2.21. The molecule has 4 N–H and O–H groups in total. The van der Waals surface area contributed by atoms with Gasteiger partial charge in [0, 0.05) is 20.1 Å². The molecule has 7 nitrogen and oxygen atoms in total. The molecule has 0 aliphatic carbocycles. The lowest BCUT2D eigenvalue weighted by Gasteiger charge is -2.41. The van der Waals surface area contributed by atoms with Crippen molar-refractivity contribution in [3.63, 3.8) is 0 Å². The maximum Gasteiger partial charge on any atom is 0.255 e. The van der Waals surface area contributed by atoms with Gasteiger partial charge in [-0.05, 0) is 6.92 Å². The normalized spacial score (nSPS) is 36.8. The molecule has 0 aromatic heterocycles. The average molecular weight is 281 g/mol. The number of aliphatic hydroxyl groups excluding tert-OH is 3. The van der Waals surface area contributed by atoms with Gasteiger partial charge in [0.2, 0.25) is 0 Å². The second-order valence-electron chi connectivity index (χ2n) is 4.44. The molecule has 0 radical (unpaired) electrons. The van der Waals surface area contributed by atoms with Gasteiger partial charge in [0.1, 0.15) is 12.2 Å². The lowest BCUT2D eigenvalue weighted by Crippen LogP contribution is -2.63. The molecule has 0 unspecified atom stereocenters. The van der Waals surface area contributed by atoms with Crippen molar-refractivity contribution in [3.8, 4) is 0 Å². The number of aliphatic hydroxyl groups is 3. The third-order valence-electron chi connectivity index (χ3n) is 3.06. The first kappa shape index (κ1) is 16.3. The minimum atomic E-state index is -1.87. The summed E-state index contributed by atoms with van der Waals surface area (Å²) < 4.78 is 23.3. The van der Waals surface area contributed by atoms with Gasteiger partial charge in [-0.1, -0.05) is 0 Å². The zero-order valence-electron chi connectivity index (χ0n) is 10.8. The first-order chi connectivity index (χ1) is 8.92. The van der Waals surface area contributed by atoms with E-state index < -0.39 is 49.3 Å². The van der Waals surface area contributed by atoms with Crippen LogP contribution in [0.5, 0.6) is 0 Å². The number of rotatable bonds is 5. The number of alkyl halides is 1. The average Bonchev–Trinajstić information content (AvgIpc) is 2.38. The molecule has 1 amide bonds. The summed E-state index contributed by atoms with van der Waals surface area (Å²) in [6, 6.07) is -0.953. The van der Waals surface area contributed by atoms with Gasteiger partial charge in [-0.25, -0.2) is 4.39 Å².